The first-order valence-electron chi connectivity index (χ1n) is 2.19. The lowest BCUT2D eigenvalue weighted by Gasteiger charge is -2.04. The highest BCUT2D eigenvalue weighted by Gasteiger charge is 2.08. The minimum absolute atomic E-state index is 0.115. The number of sulfonamides is 1. The van der Waals surface area contributed by atoms with Gasteiger partial charge in [0, 0.05) is 0 Å². The first-order valence-corrected chi connectivity index (χ1v) is 3.84. The summed E-state index contributed by atoms with van der Waals surface area (Å²) in [6.07, 6.45) is 1.21. The van der Waals surface area contributed by atoms with E-state index in [4.69, 9.17) is 0 Å². The normalized spacial score (nSPS) is 24.5. The molecule has 0 aromatic heterocycles. The smallest absolute Gasteiger partial charge is 0.235 e. The van der Waals surface area contributed by atoms with E-state index in [9.17, 15) is 8.42 Å². The first kappa shape index (κ1) is 5.55. The fraction of sp³-hybridized carbons (Fsp3) is 0.667. The highest BCUT2D eigenvalue weighted by atomic mass is 32.2. The highest BCUT2D eigenvalue weighted by molar-refractivity contribution is 7.90. The van der Waals surface area contributed by atoms with Crippen molar-refractivity contribution in [2.45, 2.75) is 0 Å². The molecule has 0 aromatic rings. The van der Waals surface area contributed by atoms with Crippen LogP contribution in [0.4, 0.5) is 0 Å². The van der Waals surface area contributed by atoms with E-state index < -0.39 is 10.0 Å². The molecule has 5 heteroatoms. The Morgan fingerprint density at radius 2 is 2.38 bits per heavy atom. The third kappa shape index (κ3) is 1.19. The molecule has 0 unspecified atom stereocenters. The maximum atomic E-state index is 10.4. The molecule has 1 aliphatic heterocycles. The van der Waals surface area contributed by atoms with Gasteiger partial charge < -0.3 is 0 Å². The Bertz CT molecular complexity index is 193. The number of hydrogen-bond acceptors (Lipinski definition) is 3. The molecule has 1 rings (SSSR count). The Morgan fingerprint density at radius 1 is 1.62 bits per heavy atom. The molecular weight excluding hydrogens is 128 g/mol. The third-order valence-electron chi connectivity index (χ3n) is 0.813. The third-order valence-corrected chi connectivity index (χ3v) is 2.00. The van der Waals surface area contributed by atoms with Crippen LogP contribution in [0.3, 0.4) is 0 Å². The second-order valence-corrected chi connectivity index (χ2v) is 3.35. The van der Waals surface area contributed by atoms with Crippen molar-refractivity contribution in [1.82, 2.24) is 4.72 Å². The predicted octanol–water partition coefficient (Wildman–Crippen LogP) is -1.05. The zero-order chi connectivity index (χ0) is 6.04. The van der Waals surface area contributed by atoms with Crippen molar-refractivity contribution >= 4 is 16.4 Å². The van der Waals surface area contributed by atoms with Crippen LogP contribution in [0.15, 0.2) is 4.99 Å². The average molecular weight is 134 g/mol. The summed E-state index contributed by atoms with van der Waals surface area (Å²) in [6, 6.07) is 0. The molecule has 0 saturated heterocycles. The number of nitrogens with zero attached hydrogens (tertiary/aromatic N) is 1. The summed E-state index contributed by atoms with van der Waals surface area (Å²) in [6.45, 7) is 0.384. The molecule has 0 radical (unpaired) electrons. The molecule has 0 saturated carbocycles. The van der Waals surface area contributed by atoms with E-state index in [1.807, 2.05) is 0 Å². The predicted molar refractivity (Wildman–Crippen MR) is 30.3 cm³/mol. The Hall–Kier alpha value is -0.580. The quantitative estimate of drug-likeness (QED) is 0.459. The maximum Gasteiger partial charge on any atom is 0.235 e. The second kappa shape index (κ2) is 1.74. The molecule has 0 spiro atoms. The lowest BCUT2D eigenvalue weighted by atomic mass is 10.8. The van der Waals surface area contributed by atoms with Gasteiger partial charge in [0.05, 0.1) is 18.6 Å². The summed E-state index contributed by atoms with van der Waals surface area (Å²) < 4.78 is 23.0. The minimum Gasteiger partial charge on any atom is -0.274 e. The van der Waals surface area contributed by atoms with Gasteiger partial charge in [-0.25, -0.2) is 8.42 Å². The molecule has 8 heavy (non-hydrogen) atoms. The lowest BCUT2D eigenvalue weighted by Crippen LogP contribution is -2.30. The first-order chi connectivity index (χ1) is 3.71. The lowest BCUT2D eigenvalue weighted by molar-refractivity contribution is 0.591. The minimum atomic E-state index is -2.98. The fourth-order valence-electron chi connectivity index (χ4n) is 0.414. The van der Waals surface area contributed by atoms with Gasteiger partial charge in [-0.15, -0.1) is 0 Å². The summed E-state index contributed by atoms with van der Waals surface area (Å²) in [5, 5.41) is 0. The van der Waals surface area contributed by atoms with Crippen molar-refractivity contribution in [3.05, 3.63) is 0 Å². The van der Waals surface area contributed by atoms with Crippen LogP contribution < -0.4 is 4.72 Å². The molecule has 0 bridgehead atoms. The standard InChI is InChI=1S/C3H6N2O2S/c6-8(7)2-1-4-3-5-8/h3H,1-2H2,(H,4,5). The molecular formula is C3H6N2O2S. The van der Waals surface area contributed by atoms with Gasteiger partial charge >= 0.3 is 0 Å². The zero-order valence-electron chi connectivity index (χ0n) is 4.16. The van der Waals surface area contributed by atoms with Gasteiger partial charge in [0.15, 0.2) is 0 Å². The molecule has 0 amide bonds. The molecule has 0 aliphatic carbocycles. The number of nitrogens with one attached hydrogen (secondary N) is 1. The van der Waals surface area contributed by atoms with Gasteiger partial charge in [0.1, 0.15) is 0 Å². The van der Waals surface area contributed by atoms with Crippen LogP contribution in [0.2, 0.25) is 0 Å². The van der Waals surface area contributed by atoms with Gasteiger partial charge in [-0.1, -0.05) is 0 Å². The van der Waals surface area contributed by atoms with Crippen LogP contribution in [-0.4, -0.2) is 27.1 Å². The molecule has 1 aliphatic rings. The summed E-state index contributed by atoms with van der Waals surface area (Å²) in [5.41, 5.74) is 0. The van der Waals surface area contributed by atoms with E-state index in [0.717, 1.165) is 0 Å². The Morgan fingerprint density at radius 3 is 2.62 bits per heavy atom. The van der Waals surface area contributed by atoms with Crippen molar-refractivity contribution in [3.63, 3.8) is 0 Å². The van der Waals surface area contributed by atoms with Crippen molar-refractivity contribution in [3.8, 4) is 0 Å². The summed E-state index contributed by atoms with van der Waals surface area (Å²) in [7, 11) is -2.98. The van der Waals surface area contributed by atoms with E-state index in [1.165, 1.54) is 6.34 Å². The Kier molecular flexibility index (Phi) is 1.21. The average Bonchev–Trinajstić information content (AvgIpc) is 1.65. The summed E-state index contributed by atoms with van der Waals surface area (Å²) >= 11 is 0. The van der Waals surface area contributed by atoms with Crippen LogP contribution in [0, 0.1) is 0 Å². The molecule has 0 atom stereocenters. The number of rotatable bonds is 0. The topological polar surface area (TPSA) is 58.5 Å². The SMILES string of the molecule is O=S1(=O)CCN=CN1. The highest BCUT2D eigenvalue weighted by Crippen LogP contribution is 1.86. The van der Waals surface area contributed by atoms with E-state index in [1.54, 1.807) is 0 Å². The monoisotopic (exact) mass is 134 g/mol. The molecule has 0 aromatic carbocycles. The van der Waals surface area contributed by atoms with Crippen molar-refractivity contribution < 1.29 is 8.42 Å². The molecule has 46 valence electrons. The Labute approximate surface area is 47.7 Å². The van der Waals surface area contributed by atoms with Crippen molar-refractivity contribution in [1.29, 1.82) is 0 Å². The summed E-state index contributed by atoms with van der Waals surface area (Å²) in [4.78, 5) is 3.66. The summed E-state index contributed by atoms with van der Waals surface area (Å²) in [5.74, 6) is 0.115. The number of aliphatic imine (C=N–C) groups is 1. The van der Waals surface area contributed by atoms with Crippen LogP contribution >= 0.6 is 0 Å². The van der Waals surface area contributed by atoms with Crippen molar-refractivity contribution in [2.75, 3.05) is 12.3 Å². The molecule has 0 fully saturated rings. The zero-order valence-corrected chi connectivity index (χ0v) is 4.98. The molecule has 1 heterocycles. The van der Waals surface area contributed by atoms with E-state index in [0.29, 0.717) is 6.54 Å². The Balaban J connectivity index is 2.79. The van der Waals surface area contributed by atoms with Crippen LogP contribution in [0.1, 0.15) is 0 Å². The maximum absolute atomic E-state index is 10.4. The van der Waals surface area contributed by atoms with Gasteiger partial charge in [-0.2, -0.15) is 0 Å². The molecule has 1 N–H and O–H groups in total. The van der Waals surface area contributed by atoms with E-state index >= 15 is 0 Å². The number of hydrogen-bond donors (Lipinski definition) is 1. The van der Waals surface area contributed by atoms with Crippen molar-refractivity contribution in [2.24, 2.45) is 4.99 Å². The van der Waals surface area contributed by atoms with Gasteiger partial charge in [-0.3, -0.25) is 9.71 Å². The van der Waals surface area contributed by atoms with Gasteiger partial charge in [-0.05, 0) is 0 Å². The largest absolute Gasteiger partial charge is 0.274 e. The van der Waals surface area contributed by atoms with Gasteiger partial charge in [0.2, 0.25) is 10.0 Å². The van der Waals surface area contributed by atoms with Crippen LogP contribution in [0.25, 0.3) is 0 Å². The van der Waals surface area contributed by atoms with E-state index in [-0.39, 0.29) is 5.75 Å². The van der Waals surface area contributed by atoms with E-state index in [2.05, 4.69) is 9.71 Å². The molecule has 4 nitrogen and oxygen atoms in total. The van der Waals surface area contributed by atoms with Crippen LogP contribution in [-0.2, 0) is 10.0 Å². The fourth-order valence-corrected chi connectivity index (χ4v) is 1.11. The van der Waals surface area contributed by atoms with Crippen LogP contribution in [0.5, 0.6) is 0 Å². The van der Waals surface area contributed by atoms with Gasteiger partial charge in [0.25, 0.3) is 0 Å². The second-order valence-electron chi connectivity index (χ2n) is 1.47.